The van der Waals surface area contributed by atoms with Gasteiger partial charge in [-0.15, -0.1) is 11.8 Å². The van der Waals surface area contributed by atoms with Gasteiger partial charge in [0.2, 0.25) is 5.91 Å². The first kappa shape index (κ1) is 18.2. The van der Waals surface area contributed by atoms with Crippen LogP contribution >= 0.6 is 23.4 Å². The van der Waals surface area contributed by atoms with E-state index in [1.807, 2.05) is 31.2 Å². The molecule has 2 aromatic rings. The number of halogens is 2. The highest BCUT2D eigenvalue weighted by Gasteiger charge is 2.32. The minimum absolute atomic E-state index is 0.0148. The maximum atomic E-state index is 14.1. The van der Waals surface area contributed by atoms with E-state index in [4.69, 9.17) is 11.6 Å². The highest BCUT2D eigenvalue weighted by Crippen LogP contribution is 2.38. The van der Waals surface area contributed by atoms with Crippen molar-refractivity contribution in [2.24, 2.45) is 0 Å². The van der Waals surface area contributed by atoms with Crippen LogP contribution in [0.1, 0.15) is 29.5 Å². The summed E-state index contributed by atoms with van der Waals surface area (Å²) in [5.41, 5.74) is 1.64. The predicted octanol–water partition coefficient (Wildman–Crippen LogP) is 4.40. The van der Waals surface area contributed by atoms with E-state index in [-0.39, 0.29) is 29.7 Å². The fourth-order valence-electron chi connectivity index (χ4n) is 2.87. The second-order valence-corrected chi connectivity index (χ2v) is 7.61. The average molecular weight is 379 g/mol. The van der Waals surface area contributed by atoms with Crippen molar-refractivity contribution in [1.82, 2.24) is 10.2 Å². The second-order valence-electron chi connectivity index (χ2n) is 5.99. The van der Waals surface area contributed by atoms with Gasteiger partial charge in [0.1, 0.15) is 11.2 Å². The lowest BCUT2D eigenvalue weighted by Gasteiger charge is -2.25. The Bertz CT molecular complexity index is 740. The minimum atomic E-state index is -0.262. The molecule has 6 heteroatoms. The SMILES string of the molecule is C[C@@H](NCC(=O)N1CCS[C@@H]1c1ccccc1F)c1ccc(Cl)cc1. The Morgan fingerprint density at radius 1 is 1.32 bits per heavy atom. The zero-order chi connectivity index (χ0) is 17.8. The summed E-state index contributed by atoms with van der Waals surface area (Å²) in [6.45, 7) is 2.86. The van der Waals surface area contributed by atoms with Crippen molar-refractivity contribution >= 4 is 29.3 Å². The molecule has 3 nitrogen and oxygen atoms in total. The quantitative estimate of drug-likeness (QED) is 0.836. The monoisotopic (exact) mass is 378 g/mol. The molecule has 0 aromatic heterocycles. The Labute approximate surface area is 156 Å². The Kier molecular flexibility index (Phi) is 5.99. The summed E-state index contributed by atoms with van der Waals surface area (Å²) in [6, 6.07) is 14.3. The molecule has 1 N–H and O–H groups in total. The Balaban J connectivity index is 1.62. The van der Waals surface area contributed by atoms with Gasteiger partial charge in [-0.3, -0.25) is 4.79 Å². The Morgan fingerprint density at radius 2 is 2.04 bits per heavy atom. The number of amides is 1. The molecule has 1 amide bonds. The number of carbonyl (C=O) groups is 1. The number of nitrogens with one attached hydrogen (secondary N) is 1. The van der Waals surface area contributed by atoms with E-state index in [0.29, 0.717) is 17.1 Å². The molecule has 3 rings (SSSR count). The molecule has 0 aliphatic carbocycles. The van der Waals surface area contributed by atoms with Crippen LogP contribution in [0.2, 0.25) is 5.02 Å². The molecule has 1 aliphatic heterocycles. The summed E-state index contributed by atoms with van der Waals surface area (Å²) in [4.78, 5) is 14.4. The molecule has 1 heterocycles. The minimum Gasteiger partial charge on any atom is -0.325 e. The van der Waals surface area contributed by atoms with Crippen molar-refractivity contribution in [3.05, 3.63) is 70.5 Å². The summed E-state index contributed by atoms with van der Waals surface area (Å²) in [6.07, 6.45) is 0. The molecule has 0 radical (unpaired) electrons. The molecule has 0 unspecified atom stereocenters. The van der Waals surface area contributed by atoms with Crippen molar-refractivity contribution in [2.45, 2.75) is 18.3 Å². The van der Waals surface area contributed by atoms with Gasteiger partial charge in [0.15, 0.2) is 0 Å². The molecular weight excluding hydrogens is 359 g/mol. The van der Waals surface area contributed by atoms with Crippen molar-refractivity contribution in [3.63, 3.8) is 0 Å². The smallest absolute Gasteiger partial charge is 0.237 e. The first-order valence-corrected chi connectivity index (χ1v) is 9.63. The van der Waals surface area contributed by atoms with Crippen molar-refractivity contribution in [1.29, 1.82) is 0 Å². The fourth-order valence-corrected chi connectivity index (χ4v) is 4.29. The lowest BCUT2D eigenvalue weighted by Crippen LogP contribution is -2.38. The number of nitrogens with zero attached hydrogens (tertiary/aromatic N) is 1. The third kappa shape index (κ3) is 4.35. The average Bonchev–Trinajstić information content (AvgIpc) is 3.10. The van der Waals surface area contributed by atoms with E-state index in [1.165, 1.54) is 6.07 Å². The largest absolute Gasteiger partial charge is 0.325 e. The topological polar surface area (TPSA) is 32.3 Å². The third-order valence-corrected chi connectivity index (χ3v) is 5.81. The molecule has 1 aliphatic rings. The van der Waals surface area contributed by atoms with Crippen LogP contribution in [0.15, 0.2) is 48.5 Å². The van der Waals surface area contributed by atoms with Gasteiger partial charge in [0.05, 0.1) is 6.54 Å². The lowest BCUT2D eigenvalue weighted by atomic mass is 10.1. The maximum absolute atomic E-state index is 14.1. The number of benzene rings is 2. The van der Waals surface area contributed by atoms with Gasteiger partial charge in [-0.05, 0) is 30.7 Å². The van der Waals surface area contributed by atoms with Gasteiger partial charge < -0.3 is 10.2 Å². The molecule has 0 spiro atoms. The second kappa shape index (κ2) is 8.21. The summed E-state index contributed by atoms with van der Waals surface area (Å²) < 4.78 is 14.1. The zero-order valence-electron chi connectivity index (χ0n) is 13.9. The van der Waals surface area contributed by atoms with Crippen LogP contribution in [0, 0.1) is 5.82 Å². The van der Waals surface area contributed by atoms with Gasteiger partial charge >= 0.3 is 0 Å². The highest BCUT2D eigenvalue weighted by atomic mass is 35.5. The van der Waals surface area contributed by atoms with Gasteiger partial charge in [0, 0.05) is 28.9 Å². The molecule has 2 atom stereocenters. The van der Waals surface area contributed by atoms with Gasteiger partial charge in [-0.1, -0.05) is 41.9 Å². The summed E-state index contributed by atoms with van der Waals surface area (Å²) in [5.74, 6) is 0.540. The Hall–Kier alpha value is -1.56. The normalized spacial score (nSPS) is 18.4. The van der Waals surface area contributed by atoms with Crippen LogP contribution in [0.3, 0.4) is 0 Å². The van der Waals surface area contributed by atoms with Gasteiger partial charge in [-0.2, -0.15) is 0 Å². The Morgan fingerprint density at radius 3 is 2.76 bits per heavy atom. The van der Waals surface area contributed by atoms with E-state index >= 15 is 0 Å². The highest BCUT2D eigenvalue weighted by molar-refractivity contribution is 7.99. The standard InChI is InChI=1S/C19H20ClFN2OS/c1-13(14-6-8-15(20)9-7-14)22-12-18(24)23-10-11-25-19(23)16-4-2-3-5-17(16)21/h2-9,13,19,22H,10-12H2,1H3/t13-,19-/m1/s1. The summed E-state index contributed by atoms with van der Waals surface area (Å²) >= 11 is 7.50. The molecular formula is C19H20ClFN2OS. The van der Waals surface area contributed by atoms with Gasteiger partial charge in [0.25, 0.3) is 0 Å². The molecule has 2 aromatic carbocycles. The van der Waals surface area contributed by atoms with E-state index < -0.39 is 0 Å². The molecule has 132 valence electrons. The summed E-state index contributed by atoms with van der Waals surface area (Å²) in [5, 5.41) is 3.68. The van der Waals surface area contributed by atoms with Crippen LogP contribution in [0.25, 0.3) is 0 Å². The molecule has 0 bridgehead atoms. The maximum Gasteiger partial charge on any atom is 0.237 e. The number of carbonyl (C=O) groups excluding carboxylic acids is 1. The van der Waals surface area contributed by atoms with Crippen LogP contribution in [0.5, 0.6) is 0 Å². The molecule has 25 heavy (non-hydrogen) atoms. The predicted molar refractivity (Wildman–Crippen MR) is 101 cm³/mol. The molecule has 1 fully saturated rings. The third-order valence-electron chi connectivity index (χ3n) is 4.31. The molecule has 0 saturated carbocycles. The number of hydrogen-bond donors (Lipinski definition) is 1. The van der Waals surface area contributed by atoms with Crippen LogP contribution in [-0.4, -0.2) is 29.6 Å². The fraction of sp³-hybridized carbons (Fsp3) is 0.316. The van der Waals surface area contributed by atoms with E-state index in [1.54, 1.807) is 34.9 Å². The zero-order valence-corrected chi connectivity index (χ0v) is 15.5. The molecule has 1 saturated heterocycles. The van der Waals surface area contributed by atoms with Crippen molar-refractivity contribution < 1.29 is 9.18 Å². The first-order valence-electron chi connectivity index (χ1n) is 8.20. The number of rotatable bonds is 5. The van der Waals surface area contributed by atoms with E-state index in [9.17, 15) is 9.18 Å². The first-order chi connectivity index (χ1) is 12.1. The van der Waals surface area contributed by atoms with Crippen LogP contribution in [0.4, 0.5) is 4.39 Å². The van der Waals surface area contributed by atoms with Crippen LogP contribution < -0.4 is 5.32 Å². The lowest BCUT2D eigenvalue weighted by molar-refractivity contribution is -0.130. The van der Waals surface area contributed by atoms with Gasteiger partial charge in [-0.25, -0.2) is 4.39 Å². The van der Waals surface area contributed by atoms with Crippen molar-refractivity contribution in [2.75, 3.05) is 18.8 Å². The number of thioether (sulfide) groups is 1. The van der Waals surface area contributed by atoms with E-state index in [0.717, 1.165) is 11.3 Å². The van der Waals surface area contributed by atoms with Crippen LogP contribution in [-0.2, 0) is 4.79 Å². The van der Waals surface area contributed by atoms with E-state index in [2.05, 4.69) is 5.32 Å². The summed E-state index contributed by atoms with van der Waals surface area (Å²) in [7, 11) is 0. The van der Waals surface area contributed by atoms with Crippen molar-refractivity contribution in [3.8, 4) is 0 Å². The number of hydrogen-bond acceptors (Lipinski definition) is 3.